The Hall–Kier alpha value is -1.91. The third kappa shape index (κ3) is 4.79. The topological polar surface area (TPSA) is 45.7 Å². The van der Waals surface area contributed by atoms with Crippen molar-refractivity contribution < 1.29 is 14.5 Å². The highest BCUT2D eigenvalue weighted by Gasteiger charge is 2.26. The maximum atomic E-state index is 13.1. The minimum atomic E-state index is -0.429. The summed E-state index contributed by atoms with van der Waals surface area (Å²) in [5, 5.41) is 5.01. The Morgan fingerprint density at radius 3 is 2.38 bits per heavy atom. The molecule has 5 heteroatoms. The van der Waals surface area contributed by atoms with Gasteiger partial charge in [0.25, 0.3) is 5.91 Å². The lowest BCUT2D eigenvalue weighted by atomic mass is 9.95. The first kappa shape index (κ1) is 18.4. The Bertz CT molecular complexity index is 691. The molecule has 0 saturated heterocycles. The van der Waals surface area contributed by atoms with Crippen molar-refractivity contribution >= 4 is 23.2 Å². The summed E-state index contributed by atoms with van der Waals surface area (Å²) in [7, 11) is 0. The molecule has 0 fully saturated rings. The molecule has 0 aliphatic carbocycles. The van der Waals surface area contributed by atoms with Crippen molar-refractivity contribution in [1.82, 2.24) is 0 Å². The second-order valence-electron chi connectivity index (χ2n) is 6.28. The van der Waals surface area contributed by atoms with Crippen LogP contribution in [0, 0.1) is 11.7 Å². The molecule has 0 aliphatic rings. The third-order valence-corrected chi connectivity index (χ3v) is 4.31. The zero-order valence-electron chi connectivity index (χ0n) is 14.1. The lowest BCUT2D eigenvalue weighted by molar-refractivity contribution is -0.718. The number of carbonyl (C=O) groups is 1. The lowest BCUT2D eigenvalue weighted by Crippen LogP contribution is -2.93. The van der Waals surface area contributed by atoms with Crippen LogP contribution >= 0.6 is 11.6 Å². The van der Waals surface area contributed by atoms with Crippen molar-refractivity contribution in [2.75, 3.05) is 5.32 Å². The van der Waals surface area contributed by atoms with Crippen LogP contribution in [0.15, 0.2) is 48.5 Å². The van der Waals surface area contributed by atoms with Gasteiger partial charge in [-0.2, -0.15) is 0 Å². The predicted octanol–water partition coefficient (Wildman–Crippen LogP) is 3.77. The Balaban J connectivity index is 2.06. The van der Waals surface area contributed by atoms with E-state index < -0.39 is 5.82 Å². The molecule has 2 aromatic rings. The van der Waals surface area contributed by atoms with Crippen LogP contribution in [0.5, 0.6) is 0 Å². The van der Waals surface area contributed by atoms with E-state index in [1.54, 1.807) is 0 Å². The van der Waals surface area contributed by atoms with Gasteiger partial charge in [0.05, 0.1) is 10.7 Å². The molecule has 2 aromatic carbocycles. The molecule has 3 nitrogen and oxygen atoms in total. The zero-order valence-corrected chi connectivity index (χ0v) is 14.8. The minimum absolute atomic E-state index is 0.162. The van der Waals surface area contributed by atoms with Crippen molar-refractivity contribution in [2.45, 2.75) is 32.9 Å². The van der Waals surface area contributed by atoms with E-state index in [4.69, 9.17) is 11.6 Å². The second-order valence-corrected chi connectivity index (χ2v) is 6.68. The number of nitrogens with one attached hydrogen (secondary N) is 1. The monoisotopic (exact) mass is 349 g/mol. The van der Waals surface area contributed by atoms with Crippen molar-refractivity contribution in [3.8, 4) is 0 Å². The smallest absolute Gasteiger partial charge is 0.282 e. The number of anilines is 1. The molecule has 24 heavy (non-hydrogen) atoms. The molecule has 0 bridgehead atoms. The van der Waals surface area contributed by atoms with E-state index in [0.717, 1.165) is 0 Å². The first-order valence-corrected chi connectivity index (χ1v) is 8.42. The highest BCUT2D eigenvalue weighted by molar-refractivity contribution is 6.33. The molecule has 0 saturated carbocycles. The van der Waals surface area contributed by atoms with Gasteiger partial charge in [0.1, 0.15) is 11.9 Å². The Morgan fingerprint density at radius 1 is 1.12 bits per heavy atom. The molecule has 0 aliphatic heterocycles. The van der Waals surface area contributed by atoms with E-state index in [1.165, 1.54) is 23.8 Å². The van der Waals surface area contributed by atoms with Gasteiger partial charge in [-0.3, -0.25) is 4.79 Å². The SMILES string of the molecule is CC(C)[C@H]([NH2+][C@H](C)C(=O)Nc1ccc(F)cc1Cl)c1ccccc1. The van der Waals surface area contributed by atoms with E-state index in [2.05, 4.69) is 31.3 Å². The predicted molar refractivity (Wildman–Crippen MR) is 95.4 cm³/mol. The molecule has 0 heterocycles. The maximum absolute atomic E-state index is 13.1. The fraction of sp³-hybridized carbons (Fsp3) is 0.316. The summed E-state index contributed by atoms with van der Waals surface area (Å²) < 4.78 is 13.1. The van der Waals surface area contributed by atoms with E-state index in [-0.39, 0.29) is 23.0 Å². The van der Waals surface area contributed by atoms with E-state index >= 15 is 0 Å². The standard InChI is InChI=1S/C19H22ClFN2O/c1-12(2)18(14-7-5-4-6-8-14)22-13(3)19(24)23-17-10-9-15(21)11-16(17)20/h4-13,18,22H,1-3H3,(H,23,24)/p+1/t13-,18+/m1/s1. The van der Waals surface area contributed by atoms with Gasteiger partial charge < -0.3 is 10.6 Å². The highest BCUT2D eigenvalue weighted by atomic mass is 35.5. The van der Waals surface area contributed by atoms with Gasteiger partial charge in [-0.15, -0.1) is 0 Å². The summed E-state index contributed by atoms with van der Waals surface area (Å²) in [6.07, 6.45) is 0. The summed E-state index contributed by atoms with van der Waals surface area (Å²) in [6.45, 7) is 6.12. The third-order valence-electron chi connectivity index (χ3n) is 4.00. The van der Waals surface area contributed by atoms with Gasteiger partial charge in [-0.1, -0.05) is 55.8 Å². The van der Waals surface area contributed by atoms with Crippen LogP contribution in [0.1, 0.15) is 32.4 Å². The van der Waals surface area contributed by atoms with Crippen LogP contribution in [0.25, 0.3) is 0 Å². The summed E-state index contributed by atoms with van der Waals surface area (Å²) >= 11 is 5.97. The number of hydrogen-bond acceptors (Lipinski definition) is 1. The van der Waals surface area contributed by atoms with Crippen LogP contribution in [0.2, 0.25) is 5.02 Å². The zero-order chi connectivity index (χ0) is 17.7. The number of amides is 1. The van der Waals surface area contributed by atoms with Crippen molar-refractivity contribution in [2.24, 2.45) is 5.92 Å². The van der Waals surface area contributed by atoms with Crippen molar-refractivity contribution in [1.29, 1.82) is 0 Å². The lowest BCUT2D eigenvalue weighted by Gasteiger charge is -2.23. The average molecular weight is 350 g/mol. The van der Waals surface area contributed by atoms with Gasteiger partial charge >= 0.3 is 0 Å². The van der Waals surface area contributed by atoms with Crippen LogP contribution in [-0.2, 0) is 4.79 Å². The fourth-order valence-corrected chi connectivity index (χ4v) is 2.84. The van der Waals surface area contributed by atoms with Gasteiger partial charge in [-0.05, 0) is 25.1 Å². The van der Waals surface area contributed by atoms with Gasteiger partial charge in [0, 0.05) is 11.5 Å². The summed E-state index contributed by atoms with van der Waals surface area (Å²) in [4.78, 5) is 12.4. The number of benzene rings is 2. The first-order valence-electron chi connectivity index (χ1n) is 8.04. The molecule has 128 valence electrons. The number of rotatable bonds is 6. The molecule has 0 radical (unpaired) electrons. The van der Waals surface area contributed by atoms with Crippen LogP contribution in [0.4, 0.5) is 10.1 Å². The molecule has 1 amide bonds. The number of hydrogen-bond donors (Lipinski definition) is 2. The van der Waals surface area contributed by atoms with E-state index in [9.17, 15) is 9.18 Å². The Labute approximate surface area is 147 Å². The molecule has 0 spiro atoms. The largest absolute Gasteiger partial charge is 0.330 e. The second kappa shape index (κ2) is 8.27. The molecular weight excluding hydrogens is 327 g/mol. The number of nitrogens with two attached hydrogens (primary N) is 1. The van der Waals surface area contributed by atoms with Crippen LogP contribution in [-0.4, -0.2) is 11.9 Å². The maximum Gasteiger partial charge on any atom is 0.282 e. The number of halogens is 2. The Kier molecular flexibility index (Phi) is 6.35. The van der Waals surface area contributed by atoms with Gasteiger partial charge in [-0.25, -0.2) is 4.39 Å². The van der Waals surface area contributed by atoms with E-state index in [1.807, 2.05) is 30.4 Å². The first-order chi connectivity index (χ1) is 11.4. The average Bonchev–Trinajstić information content (AvgIpc) is 2.55. The van der Waals surface area contributed by atoms with Crippen molar-refractivity contribution in [3.63, 3.8) is 0 Å². The molecule has 2 atom stereocenters. The van der Waals surface area contributed by atoms with Gasteiger partial charge in [0.2, 0.25) is 0 Å². The molecular formula is C19H23ClFN2O+. The molecule has 0 aromatic heterocycles. The van der Waals surface area contributed by atoms with Crippen LogP contribution in [0.3, 0.4) is 0 Å². The van der Waals surface area contributed by atoms with Gasteiger partial charge in [0.15, 0.2) is 6.04 Å². The fourth-order valence-electron chi connectivity index (χ4n) is 2.63. The Morgan fingerprint density at radius 2 is 1.79 bits per heavy atom. The summed E-state index contributed by atoms with van der Waals surface area (Å²) in [6, 6.07) is 13.9. The highest BCUT2D eigenvalue weighted by Crippen LogP contribution is 2.22. The molecule has 0 unspecified atom stereocenters. The normalized spacial score (nSPS) is 13.6. The van der Waals surface area contributed by atoms with Crippen molar-refractivity contribution in [3.05, 3.63) is 64.9 Å². The van der Waals surface area contributed by atoms with Crippen LogP contribution < -0.4 is 10.6 Å². The van der Waals surface area contributed by atoms with E-state index in [0.29, 0.717) is 11.6 Å². The summed E-state index contributed by atoms with van der Waals surface area (Å²) in [5.74, 6) is -0.219. The quantitative estimate of drug-likeness (QED) is 0.819. The summed E-state index contributed by atoms with van der Waals surface area (Å²) in [5.41, 5.74) is 1.61. The molecule has 3 N–H and O–H groups in total. The number of quaternary nitrogens is 1. The number of carbonyl (C=O) groups excluding carboxylic acids is 1. The molecule has 2 rings (SSSR count). The minimum Gasteiger partial charge on any atom is -0.330 e.